The minimum Gasteiger partial charge on any atom is -0.465 e. The molecule has 0 aromatic rings. The molecular formula is C14H24F3NO2. The predicted molar refractivity (Wildman–Crippen MR) is 70.3 cm³/mol. The normalized spacial score (nSPS) is 23.0. The van der Waals surface area contributed by atoms with Crippen molar-refractivity contribution in [2.45, 2.75) is 58.0 Å². The van der Waals surface area contributed by atoms with Gasteiger partial charge in [-0.1, -0.05) is 39.0 Å². The Kier molecular flexibility index (Phi) is 6.79. The highest BCUT2D eigenvalue weighted by Gasteiger charge is 2.62. The summed E-state index contributed by atoms with van der Waals surface area (Å²) in [5, 5.41) is 2.60. The Bertz CT molecular complexity index is 299. The fraction of sp³-hybridized carbons (Fsp3) is 0.929. The summed E-state index contributed by atoms with van der Waals surface area (Å²) in [5.74, 6) is -1.12. The Morgan fingerprint density at radius 3 is 2.40 bits per heavy atom. The molecule has 1 aliphatic heterocycles. The Morgan fingerprint density at radius 1 is 1.20 bits per heavy atom. The van der Waals surface area contributed by atoms with Crippen molar-refractivity contribution in [3.05, 3.63) is 0 Å². The number of rotatable bonds is 8. The number of nitrogens with one attached hydrogen (secondary N) is 1. The molecule has 0 aromatic carbocycles. The highest BCUT2D eigenvalue weighted by Crippen LogP contribution is 2.43. The van der Waals surface area contributed by atoms with E-state index >= 15 is 0 Å². The predicted octanol–water partition coefficient (Wildman–Crippen LogP) is 3.43. The van der Waals surface area contributed by atoms with Crippen LogP contribution in [0.25, 0.3) is 0 Å². The highest BCUT2D eigenvalue weighted by atomic mass is 19.4. The number of alkyl halides is 3. The van der Waals surface area contributed by atoms with Gasteiger partial charge in [-0.25, -0.2) is 0 Å². The Hall–Kier alpha value is -0.780. The SMILES string of the molecule is CCCCCCCCOC(=O)C1(C(F)(F)F)CCNC1. The van der Waals surface area contributed by atoms with Crippen molar-refractivity contribution in [2.24, 2.45) is 5.41 Å². The van der Waals surface area contributed by atoms with Gasteiger partial charge in [0.15, 0.2) is 5.41 Å². The van der Waals surface area contributed by atoms with Crippen molar-refractivity contribution in [1.29, 1.82) is 0 Å². The lowest BCUT2D eigenvalue weighted by Gasteiger charge is -2.28. The second-order valence-corrected chi connectivity index (χ2v) is 5.41. The Morgan fingerprint density at radius 2 is 1.85 bits per heavy atom. The molecule has 0 bridgehead atoms. The van der Waals surface area contributed by atoms with Gasteiger partial charge in [0.25, 0.3) is 0 Å². The molecule has 118 valence electrons. The van der Waals surface area contributed by atoms with Gasteiger partial charge in [0.1, 0.15) is 0 Å². The highest BCUT2D eigenvalue weighted by molar-refractivity contribution is 5.78. The van der Waals surface area contributed by atoms with Crippen LogP contribution in [-0.4, -0.2) is 31.8 Å². The summed E-state index contributed by atoms with van der Waals surface area (Å²) >= 11 is 0. The third-order valence-electron chi connectivity index (χ3n) is 3.82. The summed E-state index contributed by atoms with van der Waals surface area (Å²) in [4.78, 5) is 11.8. The number of hydrogen-bond donors (Lipinski definition) is 1. The third kappa shape index (κ3) is 4.36. The van der Waals surface area contributed by atoms with Crippen molar-refractivity contribution in [3.8, 4) is 0 Å². The lowest BCUT2D eigenvalue weighted by Crippen LogP contribution is -2.47. The van der Waals surface area contributed by atoms with Crippen LogP contribution in [-0.2, 0) is 9.53 Å². The molecular weight excluding hydrogens is 271 g/mol. The van der Waals surface area contributed by atoms with Crippen molar-refractivity contribution in [3.63, 3.8) is 0 Å². The van der Waals surface area contributed by atoms with E-state index in [1.165, 1.54) is 6.42 Å². The van der Waals surface area contributed by atoms with Crippen LogP contribution in [0.4, 0.5) is 13.2 Å². The third-order valence-corrected chi connectivity index (χ3v) is 3.82. The van der Waals surface area contributed by atoms with Crippen molar-refractivity contribution < 1.29 is 22.7 Å². The van der Waals surface area contributed by atoms with E-state index in [9.17, 15) is 18.0 Å². The van der Waals surface area contributed by atoms with Crippen LogP contribution >= 0.6 is 0 Å². The van der Waals surface area contributed by atoms with Gasteiger partial charge in [-0.2, -0.15) is 13.2 Å². The summed E-state index contributed by atoms with van der Waals surface area (Å²) in [5.41, 5.74) is -2.34. The second kappa shape index (κ2) is 7.86. The van der Waals surface area contributed by atoms with Gasteiger partial charge in [-0.15, -0.1) is 0 Å². The zero-order valence-electron chi connectivity index (χ0n) is 12.0. The zero-order valence-corrected chi connectivity index (χ0v) is 12.0. The van der Waals surface area contributed by atoms with Gasteiger partial charge in [0.2, 0.25) is 0 Å². The van der Waals surface area contributed by atoms with E-state index in [2.05, 4.69) is 12.2 Å². The van der Waals surface area contributed by atoms with Gasteiger partial charge in [0, 0.05) is 6.54 Å². The number of ether oxygens (including phenoxy) is 1. The molecule has 0 radical (unpaired) electrons. The van der Waals surface area contributed by atoms with Gasteiger partial charge in [-0.3, -0.25) is 4.79 Å². The number of halogens is 3. The van der Waals surface area contributed by atoms with Gasteiger partial charge >= 0.3 is 12.1 Å². The minimum absolute atomic E-state index is 0.0861. The maximum atomic E-state index is 13.0. The van der Waals surface area contributed by atoms with Crippen LogP contribution in [0.3, 0.4) is 0 Å². The van der Waals surface area contributed by atoms with E-state index in [1.54, 1.807) is 0 Å². The minimum atomic E-state index is -4.55. The van der Waals surface area contributed by atoms with Crippen LogP contribution in [0, 0.1) is 5.41 Å². The molecule has 0 spiro atoms. The van der Waals surface area contributed by atoms with E-state index in [0.29, 0.717) is 6.42 Å². The summed E-state index contributed by atoms with van der Waals surface area (Å²) in [7, 11) is 0. The van der Waals surface area contributed by atoms with Crippen molar-refractivity contribution >= 4 is 5.97 Å². The lowest BCUT2D eigenvalue weighted by molar-refractivity contribution is -0.229. The molecule has 1 fully saturated rings. The fourth-order valence-electron chi connectivity index (χ4n) is 2.41. The molecule has 1 aliphatic rings. The molecule has 1 rings (SSSR count). The number of carbonyl (C=O) groups is 1. The fourth-order valence-corrected chi connectivity index (χ4v) is 2.41. The Balaban J connectivity index is 2.30. The molecule has 0 aromatic heterocycles. The topological polar surface area (TPSA) is 38.3 Å². The maximum absolute atomic E-state index is 13.0. The first-order valence-electron chi connectivity index (χ1n) is 7.39. The van der Waals surface area contributed by atoms with Gasteiger partial charge in [0.05, 0.1) is 6.61 Å². The van der Waals surface area contributed by atoms with Crippen LogP contribution in [0.1, 0.15) is 51.9 Å². The molecule has 1 unspecified atom stereocenters. The van der Waals surface area contributed by atoms with E-state index in [-0.39, 0.29) is 26.1 Å². The largest absolute Gasteiger partial charge is 0.465 e. The summed E-state index contributed by atoms with van der Waals surface area (Å²) in [6.07, 6.45) is 1.23. The number of carbonyl (C=O) groups excluding carboxylic acids is 1. The van der Waals surface area contributed by atoms with Crippen molar-refractivity contribution in [1.82, 2.24) is 5.32 Å². The lowest BCUT2D eigenvalue weighted by atomic mass is 9.86. The van der Waals surface area contributed by atoms with Crippen LogP contribution in [0.5, 0.6) is 0 Å². The molecule has 1 atom stereocenters. The van der Waals surface area contributed by atoms with Crippen molar-refractivity contribution in [2.75, 3.05) is 19.7 Å². The molecule has 1 heterocycles. The molecule has 1 saturated heterocycles. The molecule has 3 nitrogen and oxygen atoms in total. The van der Waals surface area contributed by atoms with Gasteiger partial charge < -0.3 is 10.1 Å². The van der Waals surface area contributed by atoms with Gasteiger partial charge in [-0.05, 0) is 19.4 Å². The molecule has 20 heavy (non-hydrogen) atoms. The second-order valence-electron chi connectivity index (χ2n) is 5.41. The maximum Gasteiger partial charge on any atom is 0.406 e. The molecule has 0 aliphatic carbocycles. The average Bonchev–Trinajstić information content (AvgIpc) is 2.87. The standard InChI is InChI=1S/C14H24F3NO2/c1-2-3-4-5-6-7-10-20-12(19)13(14(15,16)17)8-9-18-11-13/h18H,2-11H2,1H3. The summed E-state index contributed by atoms with van der Waals surface area (Å²) in [6.45, 7) is 2.04. The molecule has 6 heteroatoms. The molecule has 1 N–H and O–H groups in total. The van der Waals surface area contributed by atoms with E-state index < -0.39 is 17.6 Å². The first-order valence-corrected chi connectivity index (χ1v) is 7.39. The molecule has 0 saturated carbocycles. The summed E-state index contributed by atoms with van der Waals surface area (Å²) in [6, 6.07) is 0. The number of hydrogen-bond acceptors (Lipinski definition) is 3. The van der Waals surface area contributed by atoms with E-state index in [0.717, 1.165) is 25.7 Å². The number of unbranched alkanes of at least 4 members (excludes halogenated alkanes) is 5. The van der Waals surface area contributed by atoms with E-state index in [4.69, 9.17) is 4.74 Å². The zero-order chi connectivity index (χ0) is 15.1. The summed E-state index contributed by atoms with van der Waals surface area (Å²) < 4.78 is 44.0. The quantitative estimate of drug-likeness (QED) is 0.551. The van der Waals surface area contributed by atoms with Crippen LogP contribution < -0.4 is 5.32 Å². The van der Waals surface area contributed by atoms with Crippen LogP contribution in [0.2, 0.25) is 0 Å². The Labute approximate surface area is 118 Å². The molecule has 0 amide bonds. The number of esters is 1. The van der Waals surface area contributed by atoms with E-state index in [1.807, 2.05) is 0 Å². The first-order chi connectivity index (χ1) is 9.44. The average molecular weight is 295 g/mol. The smallest absolute Gasteiger partial charge is 0.406 e. The first kappa shape index (κ1) is 17.3. The monoisotopic (exact) mass is 295 g/mol. The van der Waals surface area contributed by atoms with Crippen LogP contribution in [0.15, 0.2) is 0 Å².